The van der Waals surface area contributed by atoms with Crippen LogP contribution in [-0.2, 0) is 20.5 Å². The Morgan fingerprint density at radius 1 is 1.23 bits per heavy atom. The number of hydrogen-bond acceptors (Lipinski definition) is 6. The molecule has 1 amide bonds. The Hall–Kier alpha value is -3.82. The smallest absolute Gasteiger partial charge is 0.321 e. The Bertz CT molecular complexity index is 1310. The summed E-state index contributed by atoms with van der Waals surface area (Å²) in [5, 5.41) is 14.0. The average Bonchev–Trinajstić information content (AvgIpc) is 2.71. The molecule has 0 bridgehead atoms. The Labute approximate surface area is 170 Å². The van der Waals surface area contributed by atoms with Gasteiger partial charge in [-0.25, -0.2) is 9.78 Å². The number of amides is 1. The number of carbonyl (C=O) groups excluding carboxylic acids is 1. The molecule has 0 saturated carbocycles. The summed E-state index contributed by atoms with van der Waals surface area (Å²) < 4.78 is 2.19. The van der Waals surface area contributed by atoms with E-state index in [0.717, 1.165) is 11.0 Å². The van der Waals surface area contributed by atoms with Gasteiger partial charge >= 0.3 is 5.69 Å². The SMILES string of the molecule is CCCc1cnc2c(c1NC(=O)c1ccc(C)c([N+](=O)[O-])c1)c(=O)n(C)c(=O)n2C. The zero-order valence-electron chi connectivity index (χ0n) is 17.1. The number of rotatable bonds is 5. The molecule has 3 rings (SSSR count). The summed E-state index contributed by atoms with van der Waals surface area (Å²) in [7, 11) is 2.84. The van der Waals surface area contributed by atoms with Gasteiger partial charge in [-0.3, -0.25) is 28.8 Å². The number of nitro groups is 1. The minimum Gasteiger partial charge on any atom is -0.321 e. The third-order valence-corrected chi connectivity index (χ3v) is 4.97. The van der Waals surface area contributed by atoms with Crippen LogP contribution in [0.25, 0.3) is 11.0 Å². The van der Waals surface area contributed by atoms with Crippen molar-refractivity contribution in [2.24, 2.45) is 14.1 Å². The lowest BCUT2D eigenvalue weighted by molar-refractivity contribution is -0.385. The first kappa shape index (κ1) is 20.9. The molecular formula is C20H21N5O5. The summed E-state index contributed by atoms with van der Waals surface area (Å²) in [4.78, 5) is 52.9. The third kappa shape index (κ3) is 3.47. The second-order valence-corrected chi connectivity index (χ2v) is 7.03. The summed E-state index contributed by atoms with van der Waals surface area (Å²) in [6.45, 7) is 3.53. The van der Waals surface area contributed by atoms with Crippen LogP contribution in [0.1, 0.15) is 34.8 Å². The van der Waals surface area contributed by atoms with E-state index in [1.54, 1.807) is 6.92 Å². The van der Waals surface area contributed by atoms with E-state index in [0.29, 0.717) is 17.5 Å². The fourth-order valence-corrected chi connectivity index (χ4v) is 3.30. The maximum absolute atomic E-state index is 12.9. The van der Waals surface area contributed by atoms with E-state index in [1.807, 2.05) is 6.92 Å². The number of fused-ring (bicyclic) bond motifs is 1. The number of carbonyl (C=O) groups is 1. The Morgan fingerprint density at radius 2 is 1.93 bits per heavy atom. The zero-order chi connectivity index (χ0) is 22.2. The van der Waals surface area contributed by atoms with Crippen molar-refractivity contribution in [2.45, 2.75) is 26.7 Å². The van der Waals surface area contributed by atoms with Crippen LogP contribution in [0.3, 0.4) is 0 Å². The fraction of sp³-hybridized carbons (Fsp3) is 0.300. The quantitative estimate of drug-likeness (QED) is 0.505. The van der Waals surface area contributed by atoms with Crippen molar-refractivity contribution in [1.29, 1.82) is 0 Å². The standard InChI is InChI=1S/C20H21N5O5/c1-5-6-13-10-21-17-15(19(27)24(4)20(28)23(17)3)16(13)22-18(26)12-8-7-11(2)14(9-12)25(29)30/h7-10H,5-6H2,1-4H3,(H,21,22,26). The van der Waals surface area contributed by atoms with E-state index in [2.05, 4.69) is 10.3 Å². The Morgan fingerprint density at radius 3 is 2.57 bits per heavy atom. The van der Waals surface area contributed by atoms with Crippen molar-refractivity contribution in [3.63, 3.8) is 0 Å². The number of hydrogen-bond donors (Lipinski definition) is 1. The number of nitro benzene ring substituents is 1. The highest BCUT2D eigenvalue weighted by molar-refractivity contribution is 6.09. The number of nitrogens with zero attached hydrogens (tertiary/aromatic N) is 4. The van der Waals surface area contributed by atoms with Gasteiger partial charge < -0.3 is 5.32 Å². The molecule has 0 aliphatic heterocycles. The molecule has 30 heavy (non-hydrogen) atoms. The number of aryl methyl sites for hydroxylation is 3. The monoisotopic (exact) mass is 411 g/mol. The number of anilines is 1. The molecule has 0 saturated heterocycles. The molecule has 0 aliphatic carbocycles. The first-order valence-electron chi connectivity index (χ1n) is 9.31. The van der Waals surface area contributed by atoms with Crippen LogP contribution < -0.4 is 16.6 Å². The van der Waals surface area contributed by atoms with Crippen LogP contribution in [0, 0.1) is 17.0 Å². The summed E-state index contributed by atoms with van der Waals surface area (Å²) in [5.41, 5.74) is 0.269. The van der Waals surface area contributed by atoms with Gasteiger partial charge in [-0.05, 0) is 25.0 Å². The highest BCUT2D eigenvalue weighted by Crippen LogP contribution is 2.26. The predicted octanol–water partition coefficient (Wildman–Crippen LogP) is 2.05. The molecule has 2 heterocycles. The lowest BCUT2D eigenvalue weighted by Gasteiger charge is -2.15. The molecule has 1 N–H and O–H groups in total. The normalized spacial score (nSPS) is 10.9. The molecule has 10 heteroatoms. The van der Waals surface area contributed by atoms with Crippen molar-refractivity contribution >= 4 is 28.3 Å². The second-order valence-electron chi connectivity index (χ2n) is 7.03. The van der Waals surface area contributed by atoms with Gasteiger partial charge in [-0.15, -0.1) is 0 Å². The van der Waals surface area contributed by atoms with Crippen molar-refractivity contribution in [2.75, 3.05) is 5.32 Å². The van der Waals surface area contributed by atoms with Crippen molar-refractivity contribution in [3.8, 4) is 0 Å². The molecule has 0 aliphatic rings. The largest absolute Gasteiger partial charge is 0.332 e. The van der Waals surface area contributed by atoms with E-state index >= 15 is 0 Å². The van der Waals surface area contributed by atoms with Crippen molar-refractivity contribution in [3.05, 3.63) is 72.0 Å². The number of nitrogens with one attached hydrogen (secondary N) is 1. The molecule has 0 fully saturated rings. The minimum atomic E-state index is -0.598. The van der Waals surface area contributed by atoms with Crippen LogP contribution in [0.5, 0.6) is 0 Å². The summed E-state index contributed by atoms with van der Waals surface area (Å²) in [6, 6.07) is 4.17. The number of benzene rings is 1. The fourth-order valence-electron chi connectivity index (χ4n) is 3.30. The van der Waals surface area contributed by atoms with Gasteiger partial charge in [0.25, 0.3) is 17.2 Å². The van der Waals surface area contributed by atoms with Gasteiger partial charge in [0.05, 0.1) is 10.6 Å². The first-order valence-corrected chi connectivity index (χ1v) is 9.31. The molecule has 10 nitrogen and oxygen atoms in total. The molecule has 0 unspecified atom stereocenters. The third-order valence-electron chi connectivity index (χ3n) is 4.97. The van der Waals surface area contributed by atoms with Crippen LogP contribution in [0.4, 0.5) is 11.4 Å². The van der Waals surface area contributed by atoms with Gasteiger partial charge in [0.15, 0.2) is 5.65 Å². The van der Waals surface area contributed by atoms with E-state index in [-0.39, 0.29) is 28.0 Å². The topological polar surface area (TPSA) is 129 Å². The maximum atomic E-state index is 12.9. The minimum absolute atomic E-state index is 0.0846. The van der Waals surface area contributed by atoms with Crippen molar-refractivity contribution in [1.82, 2.24) is 14.1 Å². The molecular weight excluding hydrogens is 390 g/mol. The van der Waals surface area contributed by atoms with E-state index < -0.39 is 22.1 Å². The summed E-state index contributed by atoms with van der Waals surface area (Å²) >= 11 is 0. The van der Waals surface area contributed by atoms with Crippen LogP contribution in [0.2, 0.25) is 0 Å². The van der Waals surface area contributed by atoms with Gasteiger partial charge in [-0.2, -0.15) is 0 Å². The Balaban J connectivity index is 2.22. The van der Waals surface area contributed by atoms with Crippen LogP contribution in [-0.4, -0.2) is 24.9 Å². The van der Waals surface area contributed by atoms with Crippen LogP contribution in [0.15, 0.2) is 34.0 Å². The second kappa shape index (κ2) is 7.90. The average molecular weight is 411 g/mol. The van der Waals surface area contributed by atoms with Gasteiger partial charge in [-0.1, -0.05) is 19.4 Å². The Kier molecular flexibility index (Phi) is 5.50. The summed E-state index contributed by atoms with van der Waals surface area (Å²) in [6.07, 6.45) is 2.80. The van der Waals surface area contributed by atoms with Gasteiger partial charge in [0.1, 0.15) is 5.39 Å². The van der Waals surface area contributed by atoms with E-state index in [4.69, 9.17) is 0 Å². The molecule has 2 aromatic heterocycles. The molecule has 156 valence electrons. The molecule has 0 atom stereocenters. The number of pyridine rings is 1. The number of aromatic nitrogens is 3. The van der Waals surface area contributed by atoms with E-state index in [1.165, 1.54) is 43.1 Å². The lowest BCUT2D eigenvalue weighted by atomic mass is 10.1. The van der Waals surface area contributed by atoms with Crippen molar-refractivity contribution < 1.29 is 9.72 Å². The molecule has 0 spiro atoms. The van der Waals surface area contributed by atoms with Gasteiger partial charge in [0, 0.05) is 37.5 Å². The predicted molar refractivity (Wildman–Crippen MR) is 112 cm³/mol. The lowest BCUT2D eigenvalue weighted by Crippen LogP contribution is -2.38. The molecule has 1 aromatic carbocycles. The zero-order valence-corrected chi connectivity index (χ0v) is 17.1. The van der Waals surface area contributed by atoms with Gasteiger partial charge in [0.2, 0.25) is 0 Å². The summed E-state index contributed by atoms with van der Waals surface area (Å²) in [5.74, 6) is -0.598. The van der Waals surface area contributed by atoms with E-state index in [9.17, 15) is 24.5 Å². The highest BCUT2D eigenvalue weighted by atomic mass is 16.6. The maximum Gasteiger partial charge on any atom is 0.332 e. The first-order chi connectivity index (χ1) is 14.2. The van der Waals surface area contributed by atoms with Crippen LogP contribution >= 0.6 is 0 Å². The molecule has 3 aromatic rings. The highest BCUT2D eigenvalue weighted by Gasteiger charge is 2.21. The molecule has 0 radical (unpaired) electrons.